The van der Waals surface area contributed by atoms with Crippen LogP contribution in [0.1, 0.15) is 0 Å². The molecule has 1 aromatic rings. The van der Waals surface area contributed by atoms with Gasteiger partial charge in [-0.3, -0.25) is 0 Å². The summed E-state index contributed by atoms with van der Waals surface area (Å²) in [4.78, 5) is 1.71. The molecule has 0 aliphatic carbocycles. The number of primary sulfonamides is 1. The summed E-state index contributed by atoms with van der Waals surface area (Å²) in [5.74, 6) is -0.302. The second-order valence-electron chi connectivity index (χ2n) is 3.91. The van der Waals surface area contributed by atoms with Gasteiger partial charge in [0.2, 0.25) is 10.0 Å². The predicted octanol–water partition coefficient (Wildman–Crippen LogP) is -0.551. The van der Waals surface area contributed by atoms with Gasteiger partial charge in [0, 0.05) is 26.2 Å². The third kappa shape index (κ3) is 2.51. The number of phenolic OH excluding ortho intramolecular Hbond substituents is 1. The molecule has 1 aliphatic heterocycles. The average Bonchev–Trinajstić information content (AvgIpc) is 2.28. The van der Waals surface area contributed by atoms with Gasteiger partial charge in [-0.2, -0.15) is 0 Å². The fraction of sp³-hybridized carbons (Fsp3) is 0.400. The van der Waals surface area contributed by atoms with E-state index in [0.29, 0.717) is 18.8 Å². The first-order chi connectivity index (χ1) is 8.00. The normalized spacial score (nSPS) is 17.1. The van der Waals surface area contributed by atoms with Gasteiger partial charge >= 0.3 is 0 Å². The molecule has 17 heavy (non-hydrogen) atoms. The van der Waals surface area contributed by atoms with Crippen LogP contribution in [0, 0.1) is 0 Å². The van der Waals surface area contributed by atoms with Gasteiger partial charge in [0.25, 0.3) is 0 Å². The van der Waals surface area contributed by atoms with Gasteiger partial charge in [-0.1, -0.05) is 6.07 Å². The van der Waals surface area contributed by atoms with E-state index in [-0.39, 0.29) is 10.6 Å². The van der Waals surface area contributed by atoms with Gasteiger partial charge < -0.3 is 15.3 Å². The van der Waals surface area contributed by atoms with Gasteiger partial charge in [-0.25, -0.2) is 13.6 Å². The number of benzene rings is 1. The zero-order valence-electron chi connectivity index (χ0n) is 9.26. The summed E-state index contributed by atoms with van der Waals surface area (Å²) in [6, 6.07) is 4.59. The zero-order valence-corrected chi connectivity index (χ0v) is 10.1. The van der Waals surface area contributed by atoms with E-state index in [1.165, 1.54) is 6.07 Å². The summed E-state index contributed by atoms with van der Waals surface area (Å²) >= 11 is 0. The van der Waals surface area contributed by atoms with Crippen LogP contribution in [0.2, 0.25) is 0 Å². The molecule has 1 fully saturated rings. The number of phenols is 1. The van der Waals surface area contributed by atoms with Crippen LogP contribution in [0.4, 0.5) is 5.69 Å². The summed E-state index contributed by atoms with van der Waals surface area (Å²) in [7, 11) is -3.93. The number of hydrogen-bond donors (Lipinski definition) is 3. The molecule has 94 valence electrons. The lowest BCUT2D eigenvalue weighted by Gasteiger charge is -2.30. The third-order valence-electron chi connectivity index (χ3n) is 2.72. The van der Waals surface area contributed by atoms with Crippen LogP contribution in [0.5, 0.6) is 5.75 Å². The molecule has 0 atom stereocenters. The first-order valence-electron chi connectivity index (χ1n) is 5.30. The van der Waals surface area contributed by atoms with Crippen molar-refractivity contribution in [3.63, 3.8) is 0 Å². The second kappa shape index (κ2) is 4.52. The summed E-state index contributed by atoms with van der Waals surface area (Å²) in [6.45, 7) is 2.93. The van der Waals surface area contributed by atoms with Crippen LogP contribution < -0.4 is 15.4 Å². The quantitative estimate of drug-likeness (QED) is 0.660. The molecule has 1 aromatic carbocycles. The Morgan fingerprint density at radius 1 is 1.29 bits per heavy atom. The van der Waals surface area contributed by atoms with Crippen LogP contribution in [0.25, 0.3) is 0 Å². The standard InChI is InChI=1S/C10H15N3O3S/c11-17(15,16)10-8(2-1-3-9(10)14)13-6-4-12-5-7-13/h1-3,12,14H,4-7H2,(H2,11,15,16). The fourth-order valence-electron chi connectivity index (χ4n) is 1.96. The lowest BCUT2D eigenvalue weighted by molar-refractivity contribution is 0.458. The Hall–Kier alpha value is -1.31. The molecule has 1 aliphatic rings. The van der Waals surface area contributed by atoms with Crippen LogP contribution in [0.15, 0.2) is 23.1 Å². The van der Waals surface area contributed by atoms with E-state index >= 15 is 0 Å². The smallest absolute Gasteiger partial charge is 0.243 e. The molecule has 0 unspecified atom stereocenters. The van der Waals surface area contributed by atoms with Gasteiger partial charge in [0.15, 0.2) is 0 Å². The third-order valence-corrected chi connectivity index (χ3v) is 3.70. The number of hydrogen-bond acceptors (Lipinski definition) is 5. The Balaban J connectivity index is 2.49. The molecule has 1 heterocycles. The van der Waals surface area contributed by atoms with Crippen molar-refractivity contribution in [2.24, 2.45) is 5.14 Å². The molecular formula is C10H15N3O3S. The summed E-state index contributed by atoms with van der Waals surface area (Å²) < 4.78 is 23.0. The number of sulfonamides is 1. The first kappa shape index (κ1) is 12.2. The minimum Gasteiger partial charge on any atom is -0.506 e. The molecule has 0 radical (unpaired) electrons. The van der Waals surface area contributed by atoms with Crippen molar-refractivity contribution in [3.05, 3.63) is 18.2 Å². The SMILES string of the molecule is NS(=O)(=O)c1c(O)cccc1N1CCNCC1. The monoisotopic (exact) mass is 257 g/mol. The molecule has 0 saturated carbocycles. The van der Waals surface area contributed by atoms with Crippen molar-refractivity contribution < 1.29 is 13.5 Å². The number of anilines is 1. The predicted molar refractivity (Wildman–Crippen MR) is 64.6 cm³/mol. The Kier molecular flexibility index (Phi) is 3.23. The lowest BCUT2D eigenvalue weighted by atomic mass is 10.2. The van der Waals surface area contributed by atoms with Crippen molar-refractivity contribution in [3.8, 4) is 5.75 Å². The summed E-state index contributed by atoms with van der Waals surface area (Å²) in [6.07, 6.45) is 0. The largest absolute Gasteiger partial charge is 0.506 e. The highest BCUT2D eigenvalue weighted by Gasteiger charge is 2.23. The van der Waals surface area contributed by atoms with Crippen molar-refractivity contribution >= 4 is 15.7 Å². The molecule has 0 amide bonds. The molecule has 6 nitrogen and oxygen atoms in total. The van der Waals surface area contributed by atoms with Crippen LogP contribution in [0.3, 0.4) is 0 Å². The van der Waals surface area contributed by atoms with E-state index in [9.17, 15) is 13.5 Å². The van der Waals surface area contributed by atoms with Crippen LogP contribution in [-0.4, -0.2) is 39.7 Å². The number of aromatic hydroxyl groups is 1. The van der Waals surface area contributed by atoms with E-state index in [2.05, 4.69) is 5.32 Å². The zero-order chi connectivity index (χ0) is 12.5. The van der Waals surface area contributed by atoms with Crippen LogP contribution >= 0.6 is 0 Å². The van der Waals surface area contributed by atoms with E-state index in [1.54, 1.807) is 12.1 Å². The number of rotatable bonds is 2. The maximum absolute atomic E-state index is 11.5. The van der Waals surface area contributed by atoms with Crippen molar-refractivity contribution in [1.29, 1.82) is 0 Å². The maximum atomic E-state index is 11.5. The van der Waals surface area contributed by atoms with Crippen molar-refractivity contribution in [1.82, 2.24) is 5.32 Å². The number of nitrogens with one attached hydrogen (secondary N) is 1. The number of nitrogens with zero attached hydrogens (tertiary/aromatic N) is 1. The molecule has 7 heteroatoms. The minimum atomic E-state index is -3.93. The number of piperazine rings is 1. The summed E-state index contributed by atoms with van der Waals surface area (Å²) in [5.41, 5.74) is 0.467. The second-order valence-corrected chi connectivity index (χ2v) is 5.41. The molecule has 0 bridgehead atoms. The van der Waals surface area contributed by atoms with E-state index in [4.69, 9.17) is 5.14 Å². The molecule has 0 spiro atoms. The molecular weight excluding hydrogens is 242 g/mol. The Labute approximate surface area is 100 Å². The Bertz CT molecular complexity index is 510. The maximum Gasteiger partial charge on any atom is 0.243 e. The molecule has 1 saturated heterocycles. The van der Waals surface area contributed by atoms with E-state index in [1.807, 2.05) is 4.90 Å². The fourth-order valence-corrected chi connectivity index (χ4v) is 2.81. The first-order valence-corrected chi connectivity index (χ1v) is 6.85. The lowest BCUT2D eigenvalue weighted by Crippen LogP contribution is -2.44. The Morgan fingerprint density at radius 3 is 2.53 bits per heavy atom. The van der Waals surface area contributed by atoms with Crippen molar-refractivity contribution in [2.45, 2.75) is 4.90 Å². The summed E-state index contributed by atoms with van der Waals surface area (Å²) in [5, 5.41) is 18.0. The molecule has 4 N–H and O–H groups in total. The Morgan fingerprint density at radius 2 is 1.94 bits per heavy atom. The topological polar surface area (TPSA) is 95.7 Å². The molecule has 2 rings (SSSR count). The highest BCUT2D eigenvalue weighted by molar-refractivity contribution is 7.89. The van der Waals surface area contributed by atoms with Gasteiger partial charge in [0.05, 0.1) is 5.69 Å². The minimum absolute atomic E-state index is 0.193. The highest BCUT2D eigenvalue weighted by atomic mass is 32.2. The van der Waals surface area contributed by atoms with Gasteiger partial charge in [-0.05, 0) is 12.1 Å². The van der Waals surface area contributed by atoms with Gasteiger partial charge in [0.1, 0.15) is 10.6 Å². The molecule has 0 aromatic heterocycles. The number of nitrogens with two attached hydrogens (primary N) is 1. The van der Waals surface area contributed by atoms with Crippen molar-refractivity contribution in [2.75, 3.05) is 31.1 Å². The highest BCUT2D eigenvalue weighted by Crippen LogP contribution is 2.32. The van der Waals surface area contributed by atoms with E-state index in [0.717, 1.165) is 13.1 Å². The van der Waals surface area contributed by atoms with E-state index < -0.39 is 10.0 Å². The van der Waals surface area contributed by atoms with Crippen LogP contribution in [-0.2, 0) is 10.0 Å². The van der Waals surface area contributed by atoms with Gasteiger partial charge in [-0.15, -0.1) is 0 Å². The average molecular weight is 257 g/mol.